The Morgan fingerprint density at radius 2 is 1.87 bits per heavy atom. The Hall–Kier alpha value is -2.02. The van der Waals surface area contributed by atoms with E-state index >= 15 is 0 Å². The second-order valence-electron chi connectivity index (χ2n) is 10.2. The number of likely N-dealkylation sites (tertiary alicyclic amines) is 2. The third kappa shape index (κ3) is 7.01. The van der Waals surface area contributed by atoms with Crippen molar-refractivity contribution in [2.24, 2.45) is 0 Å². The zero-order chi connectivity index (χ0) is 28.3. The molecule has 2 aliphatic heterocycles. The fraction of sp³-hybridized carbons (Fsp3) is 0.577. The Morgan fingerprint density at radius 1 is 1.15 bits per heavy atom. The summed E-state index contributed by atoms with van der Waals surface area (Å²) < 4.78 is 31.2. The largest absolute Gasteiger partial charge is 0.378 e. The van der Waals surface area contributed by atoms with E-state index in [4.69, 9.17) is 27.9 Å². The normalized spacial score (nSPS) is 21.4. The van der Waals surface area contributed by atoms with Gasteiger partial charge in [-0.1, -0.05) is 29.3 Å². The molecule has 1 amide bonds. The minimum Gasteiger partial charge on any atom is -0.378 e. The van der Waals surface area contributed by atoms with Crippen LogP contribution >= 0.6 is 23.2 Å². The Kier molecular flexibility index (Phi) is 9.72. The number of hydrogen-bond donors (Lipinski definition) is 1. The number of amides is 1. The number of ether oxygens (including phenoxy) is 1. The van der Waals surface area contributed by atoms with Crippen molar-refractivity contribution < 1.29 is 17.9 Å². The number of halogens is 2. The van der Waals surface area contributed by atoms with Crippen molar-refractivity contribution in [2.45, 2.75) is 50.9 Å². The summed E-state index contributed by atoms with van der Waals surface area (Å²) in [5.74, 6) is 0.496. The molecule has 3 heterocycles. The van der Waals surface area contributed by atoms with Gasteiger partial charge in [-0.25, -0.2) is 18.4 Å². The average Bonchev–Trinajstić information content (AvgIpc) is 2.92. The van der Waals surface area contributed by atoms with Crippen LogP contribution < -0.4 is 5.32 Å². The summed E-state index contributed by atoms with van der Waals surface area (Å²) in [6, 6.07) is 5.56. The highest BCUT2D eigenvalue weighted by atomic mass is 35.5. The van der Waals surface area contributed by atoms with E-state index in [9.17, 15) is 13.2 Å². The van der Waals surface area contributed by atoms with Crippen LogP contribution in [0.25, 0.3) is 0 Å². The lowest BCUT2D eigenvalue weighted by Crippen LogP contribution is -2.58. The molecule has 0 radical (unpaired) electrons. The van der Waals surface area contributed by atoms with Gasteiger partial charge in [0.05, 0.1) is 28.4 Å². The number of rotatable bonds is 8. The summed E-state index contributed by atoms with van der Waals surface area (Å²) in [6.45, 7) is 5.03. The fourth-order valence-electron chi connectivity index (χ4n) is 5.42. The van der Waals surface area contributed by atoms with Gasteiger partial charge in [0.2, 0.25) is 10.0 Å². The number of methoxy groups -OCH3 is 1. The number of nitrogens with zero attached hydrogens (tertiary/aromatic N) is 5. The van der Waals surface area contributed by atoms with Crippen LogP contribution in [-0.4, -0.2) is 103 Å². The second kappa shape index (κ2) is 12.7. The van der Waals surface area contributed by atoms with E-state index in [-0.39, 0.29) is 18.1 Å². The van der Waals surface area contributed by atoms with Crippen molar-refractivity contribution in [3.05, 3.63) is 51.4 Å². The quantitative estimate of drug-likeness (QED) is 0.493. The molecule has 2 aromatic rings. The van der Waals surface area contributed by atoms with Crippen LogP contribution in [0.1, 0.15) is 40.9 Å². The number of aromatic nitrogens is 2. The maximum atomic E-state index is 13.4. The standard InChI is InChI=1S/C26H36Cl2N6O4S/c1-17-24(30-16-31-25(17)29-14-18-5-6-20(27)21(28)13-18)26(35)33-10-7-19(8-11-33)34-12-9-22(23(15-34)38-3)32(2)39(4,36)37/h5-6,13,16,19,22-23H,7-12,14-15H2,1-4H3,(H,29,30,31)/t22-,23-/m1/s1. The molecule has 1 N–H and O–H groups in total. The van der Waals surface area contributed by atoms with E-state index in [0.29, 0.717) is 65.8 Å². The lowest BCUT2D eigenvalue weighted by atomic mass is 9.96. The number of benzene rings is 1. The second-order valence-corrected chi connectivity index (χ2v) is 13.1. The van der Waals surface area contributed by atoms with Crippen LogP contribution in [0.2, 0.25) is 10.0 Å². The lowest BCUT2D eigenvalue weighted by Gasteiger charge is -2.45. The number of nitrogens with one attached hydrogen (secondary N) is 1. The molecule has 10 nitrogen and oxygen atoms in total. The van der Waals surface area contributed by atoms with Gasteiger partial charge >= 0.3 is 0 Å². The van der Waals surface area contributed by atoms with Crippen molar-refractivity contribution in [3.63, 3.8) is 0 Å². The predicted molar refractivity (Wildman–Crippen MR) is 153 cm³/mol. The first-order chi connectivity index (χ1) is 18.5. The van der Waals surface area contributed by atoms with Crippen LogP contribution in [-0.2, 0) is 21.3 Å². The predicted octanol–water partition coefficient (Wildman–Crippen LogP) is 3.29. The Labute approximate surface area is 240 Å². The minimum absolute atomic E-state index is 0.103. The molecule has 1 aromatic carbocycles. The Balaban J connectivity index is 1.34. The highest BCUT2D eigenvalue weighted by Crippen LogP contribution is 2.27. The molecule has 0 spiro atoms. The highest BCUT2D eigenvalue weighted by Gasteiger charge is 2.38. The number of carbonyl (C=O) groups is 1. The monoisotopic (exact) mass is 598 g/mol. The van der Waals surface area contributed by atoms with Gasteiger partial charge in [0.25, 0.3) is 5.91 Å². The molecule has 39 heavy (non-hydrogen) atoms. The molecule has 0 saturated carbocycles. The van der Waals surface area contributed by atoms with E-state index in [0.717, 1.165) is 24.9 Å². The smallest absolute Gasteiger partial charge is 0.272 e. The molecule has 2 saturated heterocycles. The fourth-order valence-corrected chi connectivity index (χ4v) is 6.47. The lowest BCUT2D eigenvalue weighted by molar-refractivity contribution is -0.0320. The van der Waals surface area contributed by atoms with Gasteiger partial charge in [-0.15, -0.1) is 0 Å². The first-order valence-electron chi connectivity index (χ1n) is 13.0. The molecule has 0 aliphatic carbocycles. The van der Waals surface area contributed by atoms with Crippen molar-refractivity contribution in [3.8, 4) is 0 Å². The molecule has 2 aliphatic rings. The SMILES string of the molecule is CO[C@@H]1CN(C2CCN(C(=O)c3ncnc(NCc4ccc(Cl)c(Cl)c4)c3C)CC2)CC[C@H]1N(C)S(C)(=O)=O. The summed E-state index contributed by atoms with van der Waals surface area (Å²) >= 11 is 12.1. The zero-order valence-corrected chi connectivity index (χ0v) is 25.1. The summed E-state index contributed by atoms with van der Waals surface area (Å²) in [5.41, 5.74) is 2.04. The van der Waals surface area contributed by atoms with Gasteiger partial charge in [-0.2, -0.15) is 4.31 Å². The zero-order valence-electron chi connectivity index (χ0n) is 22.7. The van der Waals surface area contributed by atoms with Gasteiger partial charge in [-0.05, 0) is 43.9 Å². The van der Waals surface area contributed by atoms with Gasteiger partial charge in [0.15, 0.2) is 0 Å². The minimum atomic E-state index is -3.29. The maximum absolute atomic E-state index is 13.4. The van der Waals surface area contributed by atoms with Crippen LogP contribution in [0.3, 0.4) is 0 Å². The molecule has 13 heteroatoms. The highest BCUT2D eigenvalue weighted by molar-refractivity contribution is 7.88. The average molecular weight is 600 g/mol. The summed E-state index contributed by atoms with van der Waals surface area (Å²) in [4.78, 5) is 26.3. The number of anilines is 1. The Morgan fingerprint density at radius 3 is 2.51 bits per heavy atom. The van der Waals surface area contributed by atoms with Gasteiger partial charge in [0, 0.05) is 58.5 Å². The molecule has 214 valence electrons. The number of likely N-dealkylation sites (N-methyl/N-ethyl adjacent to an activating group) is 1. The summed E-state index contributed by atoms with van der Waals surface area (Å²) in [5, 5.41) is 4.25. The third-order valence-corrected chi connectivity index (χ3v) is 9.90. The first kappa shape index (κ1) is 30.0. The third-order valence-electron chi connectivity index (χ3n) is 7.85. The van der Waals surface area contributed by atoms with Gasteiger partial charge in [0.1, 0.15) is 17.8 Å². The molecule has 2 fully saturated rings. The molecule has 0 unspecified atom stereocenters. The summed E-state index contributed by atoms with van der Waals surface area (Å²) in [6.07, 6.45) is 4.82. The molecule has 0 bridgehead atoms. The van der Waals surface area contributed by atoms with E-state index in [1.807, 2.05) is 17.9 Å². The van der Waals surface area contributed by atoms with Crippen LogP contribution in [0.15, 0.2) is 24.5 Å². The van der Waals surface area contributed by atoms with E-state index < -0.39 is 10.0 Å². The van der Waals surface area contributed by atoms with Crippen molar-refractivity contribution in [1.29, 1.82) is 0 Å². The number of carbonyl (C=O) groups excluding carboxylic acids is 1. The topological polar surface area (TPSA) is 108 Å². The van der Waals surface area contributed by atoms with Gasteiger partial charge < -0.3 is 15.0 Å². The van der Waals surface area contributed by atoms with E-state index in [1.54, 1.807) is 26.3 Å². The molecule has 1 aromatic heterocycles. The number of hydrogen-bond acceptors (Lipinski definition) is 8. The van der Waals surface area contributed by atoms with Crippen LogP contribution in [0, 0.1) is 6.92 Å². The van der Waals surface area contributed by atoms with Crippen LogP contribution in [0.5, 0.6) is 0 Å². The summed E-state index contributed by atoms with van der Waals surface area (Å²) in [7, 11) is -0.0379. The van der Waals surface area contributed by atoms with Crippen molar-refractivity contribution in [2.75, 3.05) is 51.9 Å². The van der Waals surface area contributed by atoms with Crippen LogP contribution in [0.4, 0.5) is 5.82 Å². The molecule has 4 rings (SSSR count). The van der Waals surface area contributed by atoms with E-state index in [2.05, 4.69) is 20.2 Å². The Bertz CT molecular complexity index is 1290. The molecule has 2 atom stereocenters. The number of sulfonamides is 1. The van der Waals surface area contributed by atoms with Crippen molar-refractivity contribution in [1.82, 2.24) is 24.1 Å². The van der Waals surface area contributed by atoms with Gasteiger partial charge in [-0.3, -0.25) is 9.69 Å². The molecular weight excluding hydrogens is 563 g/mol. The first-order valence-corrected chi connectivity index (χ1v) is 15.6. The molecular formula is C26H36Cl2N6O4S. The van der Waals surface area contributed by atoms with Crippen molar-refractivity contribution >= 4 is 45.0 Å². The maximum Gasteiger partial charge on any atom is 0.272 e. The van der Waals surface area contributed by atoms with E-state index in [1.165, 1.54) is 16.9 Å². The number of piperidine rings is 2.